The van der Waals surface area contributed by atoms with Crippen molar-refractivity contribution in [1.29, 1.82) is 0 Å². The van der Waals surface area contributed by atoms with Crippen LogP contribution < -0.4 is 0 Å². The number of hydrogen-bond donors (Lipinski definition) is 1. The van der Waals surface area contributed by atoms with E-state index in [-0.39, 0.29) is 5.92 Å². The van der Waals surface area contributed by atoms with Gasteiger partial charge in [0, 0.05) is 4.91 Å². The minimum atomic E-state index is -0.576. The first-order valence-corrected chi connectivity index (χ1v) is 4.69. The predicted octanol–water partition coefficient (Wildman–Crippen LogP) is 2.57. The molecule has 0 heterocycles. The first-order valence-electron chi connectivity index (χ1n) is 4.69. The molecule has 76 valence electrons. The number of aliphatic hydroxyl groups excluding tert-OH is 1. The zero-order valence-electron chi connectivity index (χ0n) is 8.30. The number of allylic oxidation sites excluding steroid dienone is 2. The molecule has 0 fully saturated rings. The second kappa shape index (κ2) is 4.84. The van der Waals surface area contributed by atoms with Gasteiger partial charge in [0.15, 0.2) is 0 Å². The molecule has 1 rings (SSSR count). The highest BCUT2D eigenvalue weighted by Gasteiger charge is 2.28. The zero-order chi connectivity index (χ0) is 10.6. The Morgan fingerprint density at radius 1 is 1.86 bits per heavy atom. The summed E-state index contributed by atoms with van der Waals surface area (Å²) >= 11 is 0. The van der Waals surface area contributed by atoms with E-state index in [1.54, 1.807) is 6.08 Å². The van der Waals surface area contributed by atoms with Crippen LogP contribution in [0.2, 0.25) is 0 Å². The molecular weight excluding hydrogens is 178 g/mol. The van der Waals surface area contributed by atoms with E-state index in [0.29, 0.717) is 0 Å². The molecule has 0 spiro atoms. The molecule has 0 saturated carbocycles. The fourth-order valence-corrected chi connectivity index (χ4v) is 1.87. The Kier molecular flexibility index (Phi) is 3.74. The van der Waals surface area contributed by atoms with Gasteiger partial charge in [0.25, 0.3) is 0 Å². The van der Waals surface area contributed by atoms with Gasteiger partial charge in [0.1, 0.15) is 0 Å². The van der Waals surface area contributed by atoms with Gasteiger partial charge in [-0.3, -0.25) is 0 Å². The normalized spacial score (nSPS) is 31.6. The molecule has 0 aromatic heterocycles. The van der Waals surface area contributed by atoms with Crippen molar-refractivity contribution in [3.05, 3.63) is 34.7 Å². The lowest BCUT2D eigenvalue weighted by Crippen LogP contribution is -2.34. The predicted molar refractivity (Wildman–Crippen MR) is 55.6 cm³/mol. The van der Waals surface area contributed by atoms with E-state index < -0.39 is 12.1 Å². The van der Waals surface area contributed by atoms with Crippen LogP contribution in [0.25, 0.3) is 10.4 Å². The van der Waals surface area contributed by atoms with Crippen LogP contribution in [-0.2, 0) is 0 Å². The average molecular weight is 193 g/mol. The second-order valence-electron chi connectivity index (χ2n) is 3.69. The highest BCUT2D eigenvalue weighted by molar-refractivity contribution is 5.14. The zero-order valence-corrected chi connectivity index (χ0v) is 8.30. The van der Waals surface area contributed by atoms with E-state index in [9.17, 15) is 5.11 Å². The van der Waals surface area contributed by atoms with E-state index in [0.717, 1.165) is 12.8 Å². The van der Waals surface area contributed by atoms with Crippen molar-refractivity contribution in [3.63, 3.8) is 0 Å². The summed E-state index contributed by atoms with van der Waals surface area (Å²) < 4.78 is 0. The van der Waals surface area contributed by atoms with E-state index in [4.69, 9.17) is 5.53 Å². The highest BCUT2D eigenvalue weighted by atomic mass is 16.3. The van der Waals surface area contributed by atoms with E-state index in [1.807, 2.05) is 13.0 Å². The summed E-state index contributed by atoms with van der Waals surface area (Å²) in [6.45, 7) is 5.64. The molecule has 0 unspecified atom stereocenters. The van der Waals surface area contributed by atoms with Crippen molar-refractivity contribution in [1.82, 2.24) is 0 Å². The highest BCUT2D eigenvalue weighted by Crippen LogP contribution is 2.29. The summed E-state index contributed by atoms with van der Waals surface area (Å²) in [5.41, 5.74) is 9.50. The van der Waals surface area contributed by atoms with Gasteiger partial charge in [-0.1, -0.05) is 22.8 Å². The molecule has 0 saturated heterocycles. The molecule has 0 bridgehead atoms. The van der Waals surface area contributed by atoms with Gasteiger partial charge in [-0.2, -0.15) is 0 Å². The largest absolute Gasteiger partial charge is 0.392 e. The number of rotatable bonds is 3. The molecule has 4 heteroatoms. The molecule has 0 aliphatic heterocycles. The Balaban J connectivity index is 2.82. The molecule has 3 atom stereocenters. The smallest absolute Gasteiger partial charge is 0.0820 e. The standard InChI is InChI=1S/C10H15N3O/c1-3-4-8-5-7(2)6-9(10(8)14)12-13-11/h3,6,8-10,14H,1,4-5H2,2H3/t8-,9-,10-/m0/s1. The Bertz CT molecular complexity index is 292. The fraction of sp³-hybridized carbons (Fsp3) is 0.600. The third-order valence-corrected chi connectivity index (χ3v) is 2.53. The molecule has 14 heavy (non-hydrogen) atoms. The second-order valence-corrected chi connectivity index (χ2v) is 3.69. The van der Waals surface area contributed by atoms with Crippen LogP contribution in [0, 0.1) is 5.92 Å². The minimum absolute atomic E-state index is 0.132. The summed E-state index contributed by atoms with van der Waals surface area (Å²) in [5, 5.41) is 13.4. The van der Waals surface area contributed by atoms with E-state index in [2.05, 4.69) is 16.6 Å². The van der Waals surface area contributed by atoms with Gasteiger partial charge in [-0.25, -0.2) is 0 Å². The maximum Gasteiger partial charge on any atom is 0.0820 e. The summed E-state index contributed by atoms with van der Waals surface area (Å²) in [6, 6.07) is -0.418. The van der Waals surface area contributed by atoms with Gasteiger partial charge >= 0.3 is 0 Å². The monoisotopic (exact) mass is 193 g/mol. The molecule has 0 aromatic rings. The number of aliphatic hydroxyl groups is 1. The Morgan fingerprint density at radius 3 is 3.14 bits per heavy atom. The third kappa shape index (κ3) is 2.37. The Hall–Kier alpha value is -1.25. The first kappa shape index (κ1) is 10.8. The minimum Gasteiger partial charge on any atom is -0.392 e. The summed E-state index contributed by atoms with van der Waals surface area (Å²) in [6.07, 6.45) is 4.66. The summed E-state index contributed by atoms with van der Waals surface area (Å²) in [4.78, 5) is 2.73. The Morgan fingerprint density at radius 2 is 2.57 bits per heavy atom. The maximum atomic E-state index is 9.85. The first-order chi connectivity index (χ1) is 6.69. The van der Waals surface area contributed by atoms with Crippen LogP contribution in [0.5, 0.6) is 0 Å². The molecular formula is C10H15N3O. The lowest BCUT2D eigenvalue weighted by atomic mass is 9.82. The van der Waals surface area contributed by atoms with Crippen LogP contribution in [-0.4, -0.2) is 17.3 Å². The maximum absolute atomic E-state index is 9.85. The number of nitrogens with zero attached hydrogens (tertiary/aromatic N) is 3. The Labute approximate surface area is 83.6 Å². The van der Waals surface area contributed by atoms with E-state index in [1.165, 1.54) is 5.57 Å². The van der Waals surface area contributed by atoms with Crippen LogP contribution in [0.1, 0.15) is 19.8 Å². The van der Waals surface area contributed by atoms with E-state index >= 15 is 0 Å². The third-order valence-electron chi connectivity index (χ3n) is 2.53. The molecule has 0 radical (unpaired) electrons. The van der Waals surface area contributed by atoms with Crippen molar-refractivity contribution in [2.75, 3.05) is 0 Å². The van der Waals surface area contributed by atoms with Crippen molar-refractivity contribution < 1.29 is 5.11 Å². The lowest BCUT2D eigenvalue weighted by Gasteiger charge is -2.30. The number of azide groups is 1. The van der Waals surface area contributed by atoms with Gasteiger partial charge in [-0.05, 0) is 31.2 Å². The average Bonchev–Trinajstić information content (AvgIpc) is 2.14. The lowest BCUT2D eigenvalue weighted by molar-refractivity contribution is 0.0894. The molecule has 0 amide bonds. The van der Waals surface area contributed by atoms with Gasteiger partial charge < -0.3 is 5.11 Å². The van der Waals surface area contributed by atoms with Crippen LogP contribution >= 0.6 is 0 Å². The van der Waals surface area contributed by atoms with Crippen LogP contribution in [0.3, 0.4) is 0 Å². The van der Waals surface area contributed by atoms with Gasteiger partial charge in [0.05, 0.1) is 12.1 Å². The molecule has 4 nitrogen and oxygen atoms in total. The summed E-state index contributed by atoms with van der Waals surface area (Å²) in [5.74, 6) is 0.132. The van der Waals surface area contributed by atoms with Crippen molar-refractivity contribution >= 4 is 0 Å². The van der Waals surface area contributed by atoms with Crippen molar-refractivity contribution in [3.8, 4) is 0 Å². The van der Waals surface area contributed by atoms with Crippen LogP contribution in [0.15, 0.2) is 29.4 Å². The molecule has 1 aliphatic carbocycles. The SMILES string of the molecule is C=CC[C@H]1CC(C)=C[C@H](N=[N+]=[N-])[C@H]1O. The quantitative estimate of drug-likeness (QED) is 0.318. The fourth-order valence-electron chi connectivity index (χ4n) is 1.87. The van der Waals surface area contributed by atoms with Crippen molar-refractivity contribution in [2.24, 2.45) is 11.0 Å². The van der Waals surface area contributed by atoms with Gasteiger partial charge in [-0.15, -0.1) is 6.58 Å². The molecule has 1 aliphatic rings. The molecule has 0 aromatic carbocycles. The van der Waals surface area contributed by atoms with Crippen LogP contribution in [0.4, 0.5) is 0 Å². The molecule has 1 N–H and O–H groups in total. The van der Waals surface area contributed by atoms with Crippen molar-refractivity contribution in [2.45, 2.75) is 31.9 Å². The number of hydrogen-bond acceptors (Lipinski definition) is 2. The topological polar surface area (TPSA) is 69.0 Å². The van der Waals surface area contributed by atoms with Gasteiger partial charge in [0.2, 0.25) is 0 Å². The summed E-state index contributed by atoms with van der Waals surface area (Å²) in [7, 11) is 0.